The van der Waals surface area contributed by atoms with Crippen molar-refractivity contribution < 1.29 is 9.05 Å². The monoisotopic (exact) mass is 351 g/mol. The van der Waals surface area contributed by atoms with E-state index in [1.165, 1.54) is 0 Å². The quantitative estimate of drug-likeness (QED) is 0.395. The molecule has 0 spiro atoms. The maximum absolute atomic E-state index is 8.57. The molecule has 0 aromatic rings. The first-order valence-corrected chi connectivity index (χ1v) is 10.7. The van der Waals surface area contributed by atoms with Crippen LogP contribution in [-0.4, -0.2) is 35.9 Å². The van der Waals surface area contributed by atoms with Crippen molar-refractivity contribution in [2.75, 3.05) is 19.1 Å². The lowest BCUT2D eigenvalue weighted by atomic mass is 10.3. The van der Waals surface area contributed by atoms with E-state index in [4.69, 9.17) is 30.8 Å². The van der Waals surface area contributed by atoms with Crippen LogP contribution in [0.15, 0.2) is 0 Å². The average molecular weight is 352 g/mol. The maximum Gasteiger partial charge on any atom is 0.177 e. The first-order valence-electron chi connectivity index (χ1n) is 6.92. The highest BCUT2D eigenvalue weighted by Gasteiger charge is 2.26. The third-order valence-electron chi connectivity index (χ3n) is 2.44. The van der Waals surface area contributed by atoms with Gasteiger partial charge >= 0.3 is 0 Å². The number of hydrogen-bond acceptors (Lipinski definition) is 5. The predicted molar refractivity (Wildman–Crippen MR) is 89.0 cm³/mol. The molecule has 0 N–H and O–H groups in total. The van der Waals surface area contributed by atoms with Crippen molar-refractivity contribution in [2.24, 2.45) is 0 Å². The molecule has 0 rings (SSSR count). The second-order valence-electron chi connectivity index (χ2n) is 4.86. The molecule has 120 valence electrons. The van der Waals surface area contributed by atoms with E-state index in [0.717, 1.165) is 0 Å². The summed E-state index contributed by atoms with van der Waals surface area (Å²) >= 11 is 6.57. The zero-order chi connectivity index (χ0) is 16.3. The highest BCUT2D eigenvalue weighted by molar-refractivity contribution is 7.87. The fourth-order valence-electron chi connectivity index (χ4n) is 1.77. The summed E-state index contributed by atoms with van der Waals surface area (Å²) < 4.78 is 13.5. The Morgan fingerprint density at radius 2 is 1.43 bits per heavy atom. The van der Waals surface area contributed by atoms with Gasteiger partial charge in [-0.25, -0.2) is 0 Å². The van der Waals surface area contributed by atoms with Crippen LogP contribution in [0.25, 0.3) is 0 Å². The number of rotatable bonds is 11. The van der Waals surface area contributed by atoms with Crippen LogP contribution in [0.2, 0.25) is 0 Å². The summed E-state index contributed by atoms with van der Waals surface area (Å²) in [5, 5.41) is 17.1. The van der Waals surface area contributed by atoms with Gasteiger partial charge in [0.05, 0.1) is 51.5 Å². The summed E-state index contributed by atoms with van der Waals surface area (Å²) in [4.78, 5) is 0. The molecular formula is C13H24ClN3O2P2. The molecule has 1 unspecified atom stereocenters. The summed E-state index contributed by atoms with van der Waals surface area (Å²) in [6.07, 6.45) is 0.664. The Balaban J connectivity index is 4.53. The molecule has 8 heteroatoms. The van der Waals surface area contributed by atoms with Gasteiger partial charge in [0.25, 0.3) is 0 Å². The summed E-state index contributed by atoms with van der Waals surface area (Å²) in [5.41, 5.74) is 0. The normalized spacial score (nSPS) is 12.9. The Hall–Kier alpha value is 0.01000. The average Bonchev–Trinajstić information content (AvgIpc) is 2.38. The van der Waals surface area contributed by atoms with Crippen LogP contribution in [0.3, 0.4) is 0 Å². The number of halogens is 1. The molecule has 5 nitrogen and oxygen atoms in total. The van der Waals surface area contributed by atoms with Gasteiger partial charge in [-0.05, 0) is 27.7 Å². The molecule has 0 fully saturated rings. The van der Waals surface area contributed by atoms with Gasteiger partial charge in [-0.3, -0.25) is 4.67 Å². The van der Waals surface area contributed by atoms with Crippen LogP contribution in [0, 0.1) is 22.7 Å². The molecule has 0 aromatic heterocycles. The Morgan fingerprint density at radius 3 is 1.76 bits per heavy atom. The fraction of sp³-hybridized carbons (Fsp3) is 0.846. The second kappa shape index (κ2) is 12.5. The zero-order valence-electron chi connectivity index (χ0n) is 13.1. The largest absolute Gasteiger partial charge is 0.333 e. The van der Waals surface area contributed by atoms with E-state index in [-0.39, 0.29) is 0 Å². The molecular weight excluding hydrogens is 328 g/mol. The van der Waals surface area contributed by atoms with Crippen molar-refractivity contribution in [1.82, 2.24) is 4.67 Å². The predicted octanol–water partition coefficient (Wildman–Crippen LogP) is 4.79. The summed E-state index contributed by atoms with van der Waals surface area (Å²) in [7, 11) is -2.04. The van der Waals surface area contributed by atoms with E-state index in [1.807, 2.05) is 12.1 Å². The highest BCUT2D eigenvalue weighted by atomic mass is 35.7. The molecule has 0 aliphatic rings. The van der Waals surface area contributed by atoms with E-state index < -0.39 is 15.8 Å². The molecule has 0 aliphatic carbocycles. The molecule has 1 atom stereocenters. The van der Waals surface area contributed by atoms with Crippen molar-refractivity contribution in [3.05, 3.63) is 0 Å². The van der Waals surface area contributed by atoms with Gasteiger partial charge in [-0.2, -0.15) is 10.5 Å². The minimum Gasteiger partial charge on any atom is -0.333 e. The molecule has 0 radical (unpaired) electrons. The van der Waals surface area contributed by atoms with Crippen LogP contribution < -0.4 is 0 Å². The van der Waals surface area contributed by atoms with Crippen molar-refractivity contribution in [1.29, 1.82) is 10.5 Å². The SMILES string of the molecule is CC(C)N(C(C)C)P(Cl)CP(OCCC#N)OCCC#N. The van der Waals surface area contributed by atoms with Gasteiger partial charge in [-0.15, -0.1) is 0 Å². The molecule has 0 aliphatic heterocycles. The van der Waals surface area contributed by atoms with Crippen molar-refractivity contribution >= 4 is 27.0 Å². The standard InChI is InChI=1S/C13H24ClN3O2P2/c1-12(2)17(13(3)4)20(14)11-21(18-9-5-7-15)19-10-6-8-16/h12-13H,5-6,9-11H2,1-4H3. The first-order chi connectivity index (χ1) is 9.93. The van der Waals surface area contributed by atoms with E-state index in [1.54, 1.807) is 0 Å². The first kappa shape index (κ1) is 21.0. The number of hydrogen-bond donors (Lipinski definition) is 0. The van der Waals surface area contributed by atoms with Gasteiger partial charge in [0.2, 0.25) is 0 Å². The Kier molecular flexibility index (Phi) is 12.5. The van der Waals surface area contributed by atoms with Gasteiger partial charge in [-0.1, -0.05) is 11.2 Å². The highest BCUT2D eigenvalue weighted by Crippen LogP contribution is 2.58. The lowest BCUT2D eigenvalue weighted by Crippen LogP contribution is -2.31. The van der Waals surface area contributed by atoms with Crippen LogP contribution in [0.5, 0.6) is 0 Å². The second-order valence-corrected chi connectivity index (χ2v) is 9.48. The zero-order valence-corrected chi connectivity index (χ0v) is 15.7. The van der Waals surface area contributed by atoms with Gasteiger partial charge in [0, 0.05) is 12.1 Å². The van der Waals surface area contributed by atoms with Crippen LogP contribution in [-0.2, 0) is 9.05 Å². The van der Waals surface area contributed by atoms with Gasteiger partial charge < -0.3 is 9.05 Å². The lowest BCUT2D eigenvalue weighted by Gasteiger charge is -2.35. The van der Waals surface area contributed by atoms with Crippen LogP contribution in [0.1, 0.15) is 40.5 Å². The summed E-state index contributed by atoms with van der Waals surface area (Å²) in [6.45, 7) is 9.16. The van der Waals surface area contributed by atoms with Crippen molar-refractivity contribution in [3.63, 3.8) is 0 Å². The third kappa shape index (κ3) is 9.59. The Morgan fingerprint density at radius 1 is 1.00 bits per heavy atom. The fourth-order valence-corrected chi connectivity index (χ4v) is 7.27. The van der Waals surface area contributed by atoms with E-state index >= 15 is 0 Å². The third-order valence-corrected chi connectivity index (χ3v) is 8.15. The van der Waals surface area contributed by atoms with Crippen LogP contribution in [0.4, 0.5) is 0 Å². The number of nitriles is 2. The van der Waals surface area contributed by atoms with E-state index in [9.17, 15) is 0 Å². The molecule has 0 heterocycles. The molecule has 0 saturated heterocycles. The number of nitrogens with zero attached hydrogens (tertiary/aromatic N) is 3. The van der Waals surface area contributed by atoms with Crippen molar-refractivity contribution in [3.8, 4) is 12.1 Å². The summed E-state index contributed by atoms with van der Waals surface area (Å²) in [5.74, 6) is 0.624. The van der Waals surface area contributed by atoms with Crippen LogP contribution >= 0.6 is 27.0 Å². The molecule has 21 heavy (non-hydrogen) atoms. The Labute approximate surface area is 135 Å². The van der Waals surface area contributed by atoms with E-state index in [2.05, 4.69) is 32.4 Å². The maximum atomic E-state index is 8.57. The molecule has 0 saturated carbocycles. The smallest absolute Gasteiger partial charge is 0.177 e. The minimum absolute atomic E-state index is 0.332. The van der Waals surface area contributed by atoms with E-state index in [0.29, 0.717) is 44.0 Å². The lowest BCUT2D eigenvalue weighted by molar-refractivity contribution is 0.259. The van der Waals surface area contributed by atoms with Gasteiger partial charge in [0.15, 0.2) is 8.38 Å². The molecule has 0 bridgehead atoms. The van der Waals surface area contributed by atoms with Gasteiger partial charge in [0.1, 0.15) is 0 Å². The molecule has 0 aromatic carbocycles. The Bertz CT molecular complexity index is 330. The minimum atomic E-state index is -1.15. The summed E-state index contributed by atoms with van der Waals surface area (Å²) in [6, 6.07) is 4.79. The molecule has 0 amide bonds. The topological polar surface area (TPSA) is 69.3 Å². The van der Waals surface area contributed by atoms with Crippen molar-refractivity contribution in [2.45, 2.75) is 52.6 Å².